The van der Waals surface area contributed by atoms with E-state index in [9.17, 15) is 0 Å². The zero-order chi connectivity index (χ0) is 14.6. The van der Waals surface area contributed by atoms with E-state index in [2.05, 4.69) is 32.7 Å². The lowest BCUT2D eigenvalue weighted by molar-refractivity contribution is 1.24. The van der Waals surface area contributed by atoms with Crippen molar-refractivity contribution in [2.24, 2.45) is 0 Å². The maximum Gasteiger partial charge on any atom is -0.00169 e. The van der Waals surface area contributed by atoms with Gasteiger partial charge in [0.25, 0.3) is 0 Å². The molecular formula is C18H28. The van der Waals surface area contributed by atoms with Gasteiger partial charge < -0.3 is 0 Å². The van der Waals surface area contributed by atoms with Crippen molar-refractivity contribution >= 4 is 0 Å². The molecule has 0 aliphatic heterocycles. The first-order valence-corrected chi connectivity index (χ1v) is 6.75. The molecule has 1 aliphatic rings. The van der Waals surface area contributed by atoms with Crippen molar-refractivity contribution < 1.29 is 0 Å². The van der Waals surface area contributed by atoms with Gasteiger partial charge in [0, 0.05) is 0 Å². The Labute approximate surface area is 114 Å². The third-order valence-electron chi connectivity index (χ3n) is 2.45. The summed E-state index contributed by atoms with van der Waals surface area (Å²) in [5.74, 6) is 0. The van der Waals surface area contributed by atoms with Gasteiger partial charge >= 0.3 is 0 Å². The molecule has 0 heterocycles. The molecule has 0 saturated heterocycles. The highest BCUT2D eigenvalue weighted by Crippen LogP contribution is 2.37. The second kappa shape index (κ2) is 11.9. The predicted octanol–water partition coefficient (Wildman–Crippen LogP) is 6.17. The minimum absolute atomic E-state index is 0.959. The maximum absolute atomic E-state index is 3.83. The lowest BCUT2D eigenvalue weighted by atomic mass is 10.0. The van der Waals surface area contributed by atoms with E-state index >= 15 is 0 Å². The molecular weight excluding hydrogens is 216 g/mol. The summed E-state index contributed by atoms with van der Waals surface area (Å²) >= 11 is 0. The van der Waals surface area contributed by atoms with E-state index in [4.69, 9.17) is 0 Å². The van der Waals surface area contributed by atoms with E-state index in [1.807, 2.05) is 52.0 Å². The van der Waals surface area contributed by atoms with Crippen LogP contribution >= 0.6 is 0 Å². The predicted molar refractivity (Wildman–Crippen MR) is 86.8 cm³/mol. The van der Waals surface area contributed by atoms with Crippen LogP contribution in [-0.2, 0) is 0 Å². The SMILES string of the molecule is C=C/C=C1/C(C=C)=C(C=C)C/C1=C/C.CC.CC. The largest absolute Gasteiger partial charge is 0.0990 e. The van der Waals surface area contributed by atoms with Gasteiger partial charge in [0.15, 0.2) is 0 Å². The number of hydrogen-bond acceptors (Lipinski definition) is 0. The Balaban J connectivity index is 0. The Kier molecular flexibility index (Phi) is 12.4. The molecule has 0 fully saturated rings. The Bertz CT molecular complexity index is 359. The van der Waals surface area contributed by atoms with Gasteiger partial charge in [-0.15, -0.1) is 0 Å². The third kappa shape index (κ3) is 4.75. The summed E-state index contributed by atoms with van der Waals surface area (Å²) in [5, 5.41) is 0. The molecule has 0 aromatic carbocycles. The normalized spacial score (nSPS) is 17.6. The first-order chi connectivity index (χ1) is 8.78. The standard InChI is InChI=1S/C14H16.2C2H6/c1-5-9-14-12(7-3)10-11(6-2)13(14)8-4;2*1-2/h5-9H,1-2,4,10H2,3H3;2*1-2H3/b12-7-,14-9+;;. The van der Waals surface area contributed by atoms with E-state index in [1.165, 1.54) is 22.3 Å². The molecule has 0 radical (unpaired) electrons. The highest BCUT2D eigenvalue weighted by Gasteiger charge is 2.18. The van der Waals surface area contributed by atoms with Crippen LogP contribution in [0.1, 0.15) is 41.0 Å². The van der Waals surface area contributed by atoms with Crippen LogP contribution in [0.15, 0.2) is 72.4 Å². The fraction of sp³-hybridized carbons (Fsp3) is 0.333. The van der Waals surface area contributed by atoms with Gasteiger partial charge in [-0.2, -0.15) is 0 Å². The van der Waals surface area contributed by atoms with Gasteiger partial charge in [0.1, 0.15) is 0 Å². The Morgan fingerprint density at radius 3 is 1.83 bits per heavy atom. The van der Waals surface area contributed by atoms with Crippen LogP contribution in [0.3, 0.4) is 0 Å². The van der Waals surface area contributed by atoms with Gasteiger partial charge in [0.05, 0.1) is 0 Å². The maximum atomic E-state index is 3.83. The summed E-state index contributed by atoms with van der Waals surface area (Å²) in [5.41, 5.74) is 5.00. The van der Waals surface area contributed by atoms with Crippen LogP contribution in [0.4, 0.5) is 0 Å². The topological polar surface area (TPSA) is 0 Å². The average Bonchev–Trinajstić information content (AvgIpc) is 2.80. The smallest absolute Gasteiger partial charge is 0.00169 e. The second-order valence-electron chi connectivity index (χ2n) is 3.15. The summed E-state index contributed by atoms with van der Waals surface area (Å²) in [7, 11) is 0. The van der Waals surface area contributed by atoms with E-state index < -0.39 is 0 Å². The second-order valence-corrected chi connectivity index (χ2v) is 3.15. The summed E-state index contributed by atoms with van der Waals surface area (Å²) in [4.78, 5) is 0. The summed E-state index contributed by atoms with van der Waals surface area (Å²) < 4.78 is 0. The fourth-order valence-electron chi connectivity index (χ4n) is 1.74. The van der Waals surface area contributed by atoms with Crippen LogP contribution in [0.2, 0.25) is 0 Å². The molecule has 0 spiro atoms. The van der Waals surface area contributed by atoms with Crippen LogP contribution in [0.5, 0.6) is 0 Å². The van der Waals surface area contributed by atoms with Gasteiger partial charge in [-0.25, -0.2) is 0 Å². The van der Waals surface area contributed by atoms with Crippen molar-refractivity contribution in [1.29, 1.82) is 0 Å². The molecule has 0 unspecified atom stereocenters. The number of allylic oxidation sites excluding steroid dienone is 9. The van der Waals surface area contributed by atoms with Gasteiger partial charge in [-0.1, -0.05) is 77.8 Å². The molecule has 0 heteroatoms. The monoisotopic (exact) mass is 244 g/mol. The molecule has 0 aromatic heterocycles. The van der Waals surface area contributed by atoms with E-state index in [0.29, 0.717) is 0 Å². The molecule has 1 rings (SSSR count). The molecule has 0 atom stereocenters. The summed E-state index contributed by atoms with van der Waals surface area (Å²) in [6.07, 6.45) is 10.7. The molecule has 0 aromatic rings. The Morgan fingerprint density at radius 1 is 0.944 bits per heavy atom. The number of rotatable bonds is 3. The zero-order valence-corrected chi connectivity index (χ0v) is 12.7. The quantitative estimate of drug-likeness (QED) is 0.557. The van der Waals surface area contributed by atoms with Crippen molar-refractivity contribution in [3.05, 3.63) is 72.4 Å². The van der Waals surface area contributed by atoms with Crippen LogP contribution < -0.4 is 0 Å². The third-order valence-corrected chi connectivity index (χ3v) is 2.45. The first kappa shape index (κ1) is 18.8. The minimum Gasteiger partial charge on any atom is -0.0990 e. The fourth-order valence-corrected chi connectivity index (χ4v) is 1.74. The average molecular weight is 244 g/mol. The van der Waals surface area contributed by atoms with Crippen molar-refractivity contribution in [1.82, 2.24) is 0 Å². The lowest BCUT2D eigenvalue weighted by Gasteiger charge is -2.01. The van der Waals surface area contributed by atoms with E-state index in [-0.39, 0.29) is 0 Å². The Hall–Kier alpha value is -1.56. The van der Waals surface area contributed by atoms with Crippen LogP contribution in [0, 0.1) is 0 Å². The van der Waals surface area contributed by atoms with E-state index in [0.717, 1.165) is 6.42 Å². The van der Waals surface area contributed by atoms with E-state index in [1.54, 1.807) is 0 Å². The van der Waals surface area contributed by atoms with Crippen molar-refractivity contribution in [3.63, 3.8) is 0 Å². The summed E-state index contributed by atoms with van der Waals surface area (Å²) in [6, 6.07) is 0. The number of hydrogen-bond donors (Lipinski definition) is 0. The van der Waals surface area contributed by atoms with Crippen LogP contribution in [-0.4, -0.2) is 0 Å². The molecule has 0 amide bonds. The molecule has 18 heavy (non-hydrogen) atoms. The highest BCUT2D eigenvalue weighted by atomic mass is 14.2. The highest BCUT2D eigenvalue weighted by molar-refractivity contribution is 5.63. The van der Waals surface area contributed by atoms with Gasteiger partial charge in [-0.3, -0.25) is 0 Å². The molecule has 0 nitrogen and oxygen atoms in total. The van der Waals surface area contributed by atoms with Gasteiger partial charge in [-0.05, 0) is 35.6 Å². The Morgan fingerprint density at radius 2 is 1.50 bits per heavy atom. The molecule has 0 saturated carbocycles. The first-order valence-electron chi connectivity index (χ1n) is 6.75. The van der Waals surface area contributed by atoms with Crippen molar-refractivity contribution in [2.45, 2.75) is 41.0 Å². The molecule has 0 bridgehead atoms. The minimum atomic E-state index is 0.959. The van der Waals surface area contributed by atoms with Crippen molar-refractivity contribution in [2.75, 3.05) is 0 Å². The summed E-state index contributed by atoms with van der Waals surface area (Å²) in [6.45, 7) is 21.4. The van der Waals surface area contributed by atoms with Crippen LogP contribution in [0.25, 0.3) is 0 Å². The van der Waals surface area contributed by atoms with Gasteiger partial charge in [0.2, 0.25) is 0 Å². The molecule has 1 aliphatic carbocycles. The molecule has 0 N–H and O–H groups in total. The zero-order valence-electron chi connectivity index (χ0n) is 12.7. The molecule has 100 valence electrons. The lowest BCUT2D eigenvalue weighted by Crippen LogP contribution is -1.82. The van der Waals surface area contributed by atoms with Crippen molar-refractivity contribution in [3.8, 4) is 0 Å².